The summed E-state index contributed by atoms with van der Waals surface area (Å²) >= 11 is 1.68. The zero-order valence-corrected chi connectivity index (χ0v) is 11.6. The lowest BCUT2D eigenvalue weighted by atomic mass is 10.2. The minimum atomic E-state index is -0.379. The maximum absolute atomic E-state index is 12.7. The van der Waals surface area contributed by atoms with Crippen molar-refractivity contribution in [2.24, 2.45) is 0 Å². The first kappa shape index (κ1) is 14.8. The molecule has 1 atom stereocenters. The maximum atomic E-state index is 12.7. The van der Waals surface area contributed by atoms with Gasteiger partial charge < -0.3 is 10.6 Å². The summed E-state index contributed by atoms with van der Waals surface area (Å²) in [4.78, 5) is 23.4. The molecule has 1 aromatic rings. The van der Waals surface area contributed by atoms with E-state index in [-0.39, 0.29) is 23.7 Å². The highest BCUT2D eigenvalue weighted by molar-refractivity contribution is 7.99. The largest absolute Gasteiger partial charge is 0.353 e. The summed E-state index contributed by atoms with van der Waals surface area (Å²) in [5.74, 6) is 0.850. The molecule has 2 rings (SSSR count). The van der Waals surface area contributed by atoms with E-state index in [9.17, 15) is 14.0 Å². The van der Waals surface area contributed by atoms with Crippen LogP contribution in [0.1, 0.15) is 10.4 Å². The molecule has 1 saturated heterocycles. The molecule has 0 bridgehead atoms. The highest BCUT2D eigenvalue weighted by Crippen LogP contribution is 2.08. The van der Waals surface area contributed by atoms with Crippen molar-refractivity contribution in [3.8, 4) is 0 Å². The first-order chi connectivity index (χ1) is 9.66. The van der Waals surface area contributed by atoms with E-state index in [1.54, 1.807) is 11.8 Å². The van der Waals surface area contributed by atoms with Crippen molar-refractivity contribution >= 4 is 23.6 Å². The number of amides is 2. The van der Waals surface area contributed by atoms with Crippen LogP contribution in [0.15, 0.2) is 24.3 Å². The highest BCUT2D eigenvalue weighted by Gasteiger charge is 2.21. The van der Waals surface area contributed by atoms with Crippen LogP contribution >= 0.6 is 11.8 Å². The molecule has 108 valence electrons. The summed E-state index contributed by atoms with van der Waals surface area (Å²) in [5.41, 5.74) is 0.395. The van der Waals surface area contributed by atoms with E-state index < -0.39 is 0 Å². The summed E-state index contributed by atoms with van der Waals surface area (Å²) < 4.78 is 12.7. The second-order valence-corrected chi connectivity index (χ2v) is 5.36. The zero-order chi connectivity index (χ0) is 14.4. The third-order valence-corrected chi connectivity index (χ3v) is 3.79. The molecule has 2 amide bonds. The molecule has 1 unspecified atom stereocenters. The molecule has 0 spiro atoms. The molecule has 7 heteroatoms. The molecule has 0 saturated carbocycles. The monoisotopic (exact) mass is 297 g/mol. The van der Waals surface area contributed by atoms with Gasteiger partial charge in [-0.25, -0.2) is 4.39 Å². The average Bonchev–Trinajstić information content (AvgIpc) is 2.98. The Kier molecular flexibility index (Phi) is 5.37. The van der Waals surface area contributed by atoms with Crippen molar-refractivity contribution in [2.75, 3.05) is 24.7 Å². The number of carbonyl (C=O) groups is 2. The molecule has 1 aliphatic heterocycles. The van der Waals surface area contributed by atoms with E-state index >= 15 is 0 Å². The smallest absolute Gasteiger partial charge is 0.251 e. The Labute approximate surface area is 120 Å². The van der Waals surface area contributed by atoms with Gasteiger partial charge in [0.15, 0.2) is 0 Å². The minimum absolute atomic E-state index is 0.0500. The molecule has 1 aliphatic rings. The second kappa shape index (κ2) is 7.25. The first-order valence-electron chi connectivity index (χ1n) is 6.29. The maximum Gasteiger partial charge on any atom is 0.251 e. The van der Waals surface area contributed by atoms with Crippen LogP contribution in [0.3, 0.4) is 0 Å². The van der Waals surface area contributed by atoms with Gasteiger partial charge in [0.05, 0.1) is 6.04 Å². The third kappa shape index (κ3) is 4.21. The van der Waals surface area contributed by atoms with E-state index in [0.29, 0.717) is 18.7 Å². The van der Waals surface area contributed by atoms with Crippen molar-refractivity contribution in [3.05, 3.63) is 35.6 Å². The van der Waals surface area contributed by atoms with E-state index in [0.717, 1.165) is 11.6 Å². The van der Waals surface area contributed by atoms with Crippen LogP contribution in [0.5, 0.6) is 0 Å². The number of nitrogens with one attached hydrogen (secondary N) is 3. The van der Waals surface area contributed by atoms with Crippen molar-refractivity contribution in [1.82, 2.24) is 16.0 Å². The normalized spacial score (nSPS) is 17.8. The van der Waals surface area contributed by atoms with Gasteiger partial charge in [-0.1, -0.05) is 0 Å². The number of rotatable bonds is 5. The van der Waals surface area contributed by atoms with E-state index in [1.165, 1.54) is 24.3 Å². The third-order valence-electron chi connectivity index (χ3n) is 2.85. The fourth-order valence-corrected chi connectivity index (χ4v) is 2.69. The molecular weight excluding hydrogens is 281 g/mol. The number of hydrogen-bond donors (Lipinski definition) is 3. The van der Waals surface area contributed by atoms with E-state index in [2.05, 4.69) is 16.0 Å². The molecule has 0 aliphatic carbocycles. The standard InChI is InChI=1S/C13H16FN3O2S/c14-10-3-1-9(2-4-10)12(18)15-5-6-16-13(19)11-7-20-8-17-11/h1-4,11,17H,5-8H2,(H,15,18)(H,16,19). The molecule has 20 heavy (non-hydrogen) atoms. The quantitative estimate of drug-likeness (QED) is 0.685. The average molecular weight is 297 g/mol. The lowest BCUT2D eigenvalue weighted by molar-refractivity contribution is -0.122. The molecule has 5 nitrogen and oxygen atoms in total. The van der Waals surface area contributed by atoms with E-state index in [1.807, 2.05) is 0 Å². The minimum Gasteiger partial charge on any atom is -0.353 e. The van der Waals surface area contributed by atoms with Gasteiger partial charge in [0.2, 0.25) is 5.91 Å². The molecule has 3 N–H and O–H groups in total. The van der Waals surface area contributed by atoms with Gasteiger partial charge in [0.25, 0.3) is 5.91 Å². The van der Waals surface area contributed by atoms with Crippen molar-refractivity contribution < 1.29 is 14.0 Å². The number of hydrogen-bond acceptors (Lipinski definition) is 4. The second-order valence-electron chi connectivity index (χ2n) is 4.33. The molecule has 0 radical (unpaired) electrons. The van der Waals surface area contributed by atoms with Crippen molar-refractivity contribution in [1.29, 1.82) is 0 Å². The Balaban J connectivity index is 1.66. The Morgan fingerprint density at radius 3 is 2.60 bits per heavy atom. The van der Waals surface area contributed by atoms with Gasteiger partial charge >= 0.3 is 0 Å². The Hall–Kier alpha value is -1.60. The van der Waals surface area contributed by atoms with Gasteiger partial charge in [-0.2, -0.15) is 0 Å². The van der Waals surface area contributed by atoms with Crippen LogP contribution in [0, 0.1) is 5.82 Å². The Morgan fingerprint density at radius 1 is 1.25 bits per heavy atom. The van der Waals surface area contributed by atoms with Gasteiger partial charge in [-0.05, 0) is 24.3 Å². The van der Waals surface area contributed by atoms with E-state index in [4.69, 9.17) is 0 Å². The first-order valence-corrected chi connectivity index (χ1v) is 7.45. The number of thioether (sulfide) groups is 1. The van der Waals surface area contributed by atoms with Gasteiger partial charge in [-0.3, -0.25) is 14.9 Å². The number of benzene rings is 1. The predicted molar refractivity (Wildman–Crippen MR) is 76.0 cm³/mol. The zero-order valence-electron chi connectivity index (χ0n) is 10.8. The Bertz CT molecular complexity index is 475. The lowest BCUT2D eigenvalue weighted by Crippen LogP contribution is -2.44. The van der Waals surface area contributed by atoms with Gasteiger partial charge in [-0.15, -0.1) is 11.8 Å². The molecule has 1 aromatic carbocycles. The van der Waals surface area contributed by atoms with Crippen molar-refractivity contribution in [3.63, 3.8) is 0 Å². The summed E-state index contributed by atoms with van der Waals surface area (Å²) in [7, 11) is 0. The van der Waals surface area contributed by atoms with Gasteiger partial charge in [0.1, 0.15) is 5.82 Å². The summed E-state index contributed by atoms with van der Waals surface area (Å²) in [6.07, 6.45) is 0. The van der Waals surface area contributed by atoms with Gasteiger partial charge in [0, 0.05) is 30.3 Å². The summed E-state index contributed by atoms with van der Waals surface area (Å²) in [5, 5.41) is 8.48. The highest BCUT2D eigenvalue weighted by atomic mass is 32.2. The van der Waals surface area contributed by atoms with Crippen molar-refractivity contribution in [2.45, 2.75) is 6.04 Å². The van der Waals surface area contributed by atoms with Crippen LogP contribution in [0.25, 0.3) is 0 Å². The SMILES string of the molecule is O=C(NCCNC(=O)C1CSCN1)c1ccc(F)cc1. The van der Waals surface area contributed by atoms with Crippen LogP contribution in [0.2, 0.25) is 0 Å². The van der Waals surface area contributed by atoms with Crippen LogP contribution < -0.4 is 16.0 Å². The fraction of sp³-hybridized carbons (Fsp3) is 0.385. The predicted octanol–water partition coefficient (Wildman–Crippen LogP) is 0.334. The Morgan fingerprint density at radius 2 is 1.95 bits per heavy atom. The number of carbonyl (C=O) groups excluding carboxylic acids is 2. The topological polar surface area (TPSA) is 70.2 Å². The van der Waals surface area contributed by atoms with Crippen LogP contribution in [0.4, 0.5) is 4.39 Å². The lowest BCUT2D eigenvalue weighted by Gasteiger charge is -2.11. The molecule has 0 aromatic heterocycles. The van der Waals surface area contributed by atoms with Crippen LogP contribution in [-0.2, 0) is 4.79 Å². The molecule has 1 fully saturated rings. The summed E-state index contributed by atoms with van der Waals surface area (Å²) in [6.45, 7) is 0.705. The fourth-order valence-electron chi connectivity index (χ4n) is 1.75. The van der Waals surface area contributed by atoms with Crippen LogP contribution in [-0.4, -0.2) is 42.6 Å². The number of halogens is 1. The molecular formula is C13H16FN3O2S. The summed E-state index contributed by atoms with van der Waals surface area (Å²) in [6, 6.07) is 5.17. The molecule has 1 heterocycles.